The summed E-state index contributed by atoms with van der Waals surface area (Å²) in [6, 6.07) is 8.11. The number of hydrogen-bond acceptors (Lipinski definition) is 4. The van der Waals surface area contributed by atoms with Gasteiger partial charge in [-0.3, -0.25) is 0 Å². The van der Waals surface area contributed by atoms with Crippen molar-refractivity contribution in [3.05, 3.63) is 41.5 Å². The molecular formula is C15H20IN5O. The number of nitrogens with zero attached hydrogens (tertiary/aromatic N) is 3. The van der Waals surface area contributed by atoms with Crippen LogP contribution in [0.4, 0.5) is 5.69 Å². The molecule has 0 bridgehead atoms. The highest BCUT2D eigenvalue weighted by Gasteiger charge is 2.29. The first-order valence-electron chi connectivity index (χ1n) is 7.23. The van der Waals surface area contributed by atoms with Gasteiger partial charge in [0.25, 0.3) is 0 Å². The van der Waals surface area contributed by atoms with Gasteiger partial charge in [-0.25, -0.2) is 4.99 Å². The van der Waals surface area contributed by atoms with Crippen LogP contribution in [-0.4, -0.2) is 16.1 Å². The molecule has 0 radical (unpaired) electrons. The number of nitrogens with one attached hydrogen (secondary N) is 1. The first-order chi connectivity index (χ1) is 10.2. The van der Waals surface area contributed by atoms with E-state index in [2.05, 4.69) is 39.5 Å². The first-order valence-corrected chi connectivity index (χ1v) is 7.23. The van der Waals surface area contributed by atoms with Crippen LogP contribution in [0.3, 0.4) is 0 Å². The van der Waals surface area contributed by atoms with E-state index < -0.39 is 0 Å². The molecule has 1 aliphatic carbocycles. The molecular weight excluding hydrogens is 393 g/mol. The minimum absolute atomic E-state index is 0. The molecule has 1 heterocycles. The Morgan fingerprint density at radius 3 is 2.73 bits per heavy atom. The number of guanidine groups is 1. The van der Waals surface area contributed by atoms with Crippen molar-refractivity contribution < 1.29 is 4.52 Å². The third-order valence-electron chi connectivity index (χ3n) is 3.44. The molecule has 1 saturated carbocycles. The lowest BCUT2D eigenvalue weighted by molar-refractivity contribution is 0.374. The number of aryl methyl sites for hydroxylation is 1. The zero-order chi connectivity index (χ0) is 14.7. The Morgan fingerprint density at radius 2 is 2.09 bits per heavy atom. The third-order valence-corrected chi connectivity index (χ3v) is 3.44. The summed E-state index contributed by atoms with van der Waals surface area (Å²) in [6.45, 7) is 2.45. The van der Waals surface area contributed by atoms with E-state index in [4.69, 9.17) is 10.3 Å². The maximum Gasteiger partial charge on any atom is 0.229 e. The van der Waals surface area contributed by atoms with Crippen LogP contribution in [0.25, 0.3) is 0 Å². The van der Waals surface area contributed by atoms with Crippen molar-refractivity contribution in [1.29, 1.82) is 0 Å². The minimum Gasteiger partial charge on any atom is -0.370 e. The second kappa shape index (κ2) is 7.57. The standard InChI is InChI=1S/C15H19N5O.HI/c1-2-10-3-7-12(8-4-10)18-15(16)17-9-13-19-14(21-20-13)11-5-6-11;/h3-4,7-8,11H,2,5-6,9H2,1H3,(H3,16,17,18);1H. The number of aliphatic imine (C=N–C) groups is 1. The van der Waals surface area contributed by atoms with Gasteiger partial charge in [-0.15, -0.1) is 24.0 Å². The number of aromatic nitrogens is 2. The number of anilines is 1. The van der Waals surface area contributed by atoms with Gasteiger partial charge in [0.05, 0.1) is 0 Å². The highest BCUT2D eigenvalue weighted by atomic mass is 127. The van der Waals surface area contributed by atoms with Gasteiger partial charge in [-0.2, -0.15) is 4.98 Å². The summed E-state index contributed by atoms with van der Waals surface area (Å²) < 4.78 is 5.17. The summed E-state index contributed by atoms with van der Waals surface area (Å²) in [5.74, 6) is 2.10. The van der Waals surface area contributed by atoms with Gasteiger partial charge in [-0.05, 0) is 37.0 Å². The Kier molecular flexibility index (Phi) is 5.76. The van der Waals surface area contributed by atoms with Crippen molar-refractivity contribution in [2.45, 2.75) is 38.6 Å². The van der Waals surface area contributed by atoms with Crippen LogP contribution in [0, 0.1) is 0 Å². The van der Waals surface area contributed by atoms with Gasteiger partial charge in [0.2, 0.25) is 5.89 Å². The van der Waals surface area contributed by atoms with Crippen molar-refractivity contribution in [2.24, 2.45) is 10.7 Å². The van der Waals surface area contributed by atoms with Gasteiger partial charge in [0, 0.05) is 11.6 Å². The molecule has 6 nitrogen and oxygen atoms in total. The average Bonchev–Trinajstić information content (AvgIpc) is 3.25. The monoisotopic (exact) mass is 413 g/mol. The SMILES string of the molecule is CCc1ccc(NC(N)=NCc2noc(C3CC3)n2)cc1.I. The van der Waals surface area contributed by atoms with E-state index in [0.29, 0.717) is 24.2 Å². The molecule has 7 heteroatoms. The smallest absolute Gasteiger partial charge is 0.229 e. The first kappa shape index (κ1) is 16.7. The predicted octanol–water partition coefficient (Wildman–Crippen LogP) is 3.05. The second-order valence-corrected chi connectivity index (χ2v) is 5.20. The normalized spacial score (nSPS) is 14.5. The van der Waals surface area contributed by atoms with E-state index in [0.717, 1.165) is 30.8 Å². The summed E-state index contributed by atoms with van der Waals surface area (Å²) in [7, 11) is 0. The summed E-state index contributed by atoms with van der Waals surface area (Å²) >= 11 is 0. The van der Waals surface area contributed by atoms with Crippen LogP contribution in [-0.2, 0) is 13.0 Å². The van der Waals surface area contributed by atoms with Crippen molar-refractivity contribution >= 4 is 35.6 Å². The molecule has 22 heavy (non-hydrogen) atoms. The molecule has 1 aromatic carbocycles. The molecule has 1 aliphatic rings. The minimum atomic E-state index is 0. The van der Waals surface area contributed by atoms with E-state index in [1.165, 1.54) is 5.56 Å². The van der Waals surface area contributed by atoms with Crippen molar-refractivity contribution in [2.75, 3.05) is 5.32 Å². The van der Waals surface area contributed by atoms with Crippen LogP contribution >= 0.6 is 24.0 Å². The molecule has 3 rings (SSSR count). The van der Waals surface area contributed by atoms with E-state index in [1.807, 2.05) is 12.1 Å². The number of benzene rings is 1. The summed E-state index contributed by atoms with van der Waals surface area (Å²) in [5.41, 5.74) is 8.06. The Labute approximate surface area is 146 Å². The van der Waals surface area contributed by atoms with Crippen molar-refractivity contribution in [3.63, 3.8) is 0 Å². The van der Waals surface area contributed by atoms with Crippen LogP contribution in [0.1, 0.15) is 43.0 Å². The van der Waals surface area contributed by atoms with Crippen LogP contribution in [0.5, 0.6) is 0 Å². The Hall–Kier alpha value is -1.64. The zero-order valence-corrected chi connectivity index (χ0v) is 14.8. The Morgan fingerprint density at radius 1 is 1.36 bits per heavy atom. The quantitative estimate of drug-likeness (QED) is 0.447. The number of halogens is 1. The number of hydrogen-bond donors (Lipinski definition) is 2. The fourth-order valence-electron chi connectivity index (χ4n) is 1.99. The molecule has 0 saturated heterocycles. The van der Waals surface area contributed by atoms with Gasteiger partial charge in [0.15, 0.2) is 11.8 Å². The third kappa shape index (κ3) is 4.43. The predicted molar refractivity (Wildman–Crippen MR) is 96.5 cm³/mol. The summed E-state index contributed by atoms with van der Waals surface area (Å²) in [6.07, 6.45) is 3.30. The molecule has 0 amide bonds. The van der Waals surface area contributed by atoms with Crippen LogP contribution in [0.2, 0.25) is 0 Å². The molecule has 3 N–H and O–H groups in total. The van der Waals surface area contributed by atoms with E-state index >= 15 is 0 Å². The maximum atomic E-state index is 5.86. The number of nitrogens with two attached hydrogens (primary N) is 1. The molecule has 0 unspecified atom stereocenters. The maximum absolute atomic E-state index is 5.86. The van der Waals surface area contributed by atoms with Gasteiger partial charge in [0.1, 0.15) is 6.54 Å². The van der Waals surface area contributed by atoms with Gasteiger partial charge < -0.3 is 15.6 Å². The molecule has 118 valence electrons. The molecule has 0 aliphatic heterocycles. The largest absolute Gasteiger partial charge is 0.370 e. The highest BCUT2D eigenvalue weighted by Crippen LogP contribution is 2.38. The lowest BCUT2D eigenvalue weighted by Gasteiger charge is -2.05. The summed E-state index contributed by atoms with van der Waals surface area (Å²) in [4.78, 5) is 8.53. The zero-order valence-electron chi connectivity index (χ0n) is 12.5. The van der Waals surface area contributed by atoms with E-state index in [1.54, 1.807) is 0 Å². The second-order valence-electron chi connectivity index (χ2n) is 5.20. The average molecular weight is 413 g/mol. The van der Waals surface area contributed by atoms with Gasteiger partial charge >= 0.3 is 0 Å². The molecule has 2 aromatic rings. The summed E-state index contributed by atoms with van der Waals surface area (Å²) in [5, 5.41) is 6.95. The Bertz CT molecular complexity index is 634. The highest BCUT2D eigenvalue weighted by molar-refractivity contribution is 14.0. The topological polar surface area (TPSA) is 89.3 Å². The van der Waals surface area contributed by atoms with Crippen molar-refractivity contribution in [3.8, 4) is 0 Å². The van der Waals surface area contributed by atoms with E-state index in [-0.39, 0.29) is 24.0 Å². The molecule has 0 spiro atoms. The van der Waals surface area contributed by atoms with E-state index in [9.17, 15) is 0 Å². The lowest BCUT2D eigenvalue weighted by atomic mass is 10.1. The van der Waals surface area contributed by atoms with Gasteiger partial charge in [-0.1, -0.05) is 24.2 Å². The molecule has 1 aromatic heterocycles. The Balaban J connectivity index is 0.00000176. The fourth-order valence-corrected chi connectivity index (χ4v) is 1.99. The molecule has 1 fully saturated rings. The fraction of sp³-hybridized carbons (Fsp3) is 0.400. The van der Waals surface area contributed by atoms with Crippen LogP contribution in [0.15, 0.2) is 33.8 Å². The lowest BCUT2D eigenvalue weighted by Crippen LogP contribution is -2.22. The van der Waals surface area contributed by atoms with Crippen LogP contribution < -0.4 is 11.1 Å². The van der Waals surface area contributed by atoms with Crippen molar-refractivity contribution in [1.82, 2.24) is 10.1 Å². The number of rotatable bonds is 5. The molecule has 0 atom stereocenters.